The SMILES string of the molecule is CCOC(=O)C(F)(F)CNC(C)CF. The minimum absolute atomic E-state index is 0.104. The summed E-state index contributed by atoms with van der Waals surface area (Å²) < 4.78 is 41.7. The average Bonchev–Trinajstić information content (AvgIpc) is 2.14. The van der Waals surface area contributed by atoms with E-state index >= 15 is 0 Å². The number of hydrogen-bond donors (Lipinski definition) is 1. The van der Waals surface area contributed by atoms with Gasteiger partial charge in [0.2, 0.25) is 0 Å². The lowest BCUT2D eigenvalue weighted by atomic mass is 10.3. The Morgan fingerprint density at radius 2 is 2.14 bits per heavy atom. The Hall–Kier alpha value is -0.780. The van der Waals surface area contributed by atoms with Gasteiger partial charge in [0.05, 0.1) is 13.2 Å². The van der Waals surface area contributed by atoms with Crippen molar-refractivity contribution in [2.24, 2.45) is 0 Å². The van der Waals surface area contributed by atoms with Crippen molar-refractivity contribution < 1.29 is 22.7 Å². The van der Waals surface area contributed by atoms with Gasteiger partial charge >= 0.3 is 11.9 Å². The highest BCUT2D eigenvalue weighted by atomic mass is 19.3. The highest BCUT2D eigenvalue weighted by molar-refractivity contribution is 5.77. The second-order valence-corrected chi connectivity index (χ2v) is 2.86. The van der Waals surface area contributed by atoms with Crippen LogP contribution in [-0.2, 0) is 9.53 Å². The van der Waals surface area contributed by atoms with Crippen LogP contribution in [0.25, 0.3) is 0 Å². The van der Waals surface area contributed by atoms with Gasteiger partial charge in [0.1, 0.15) is 6.67 Å². The zero-order chi connectivity index (χ0) is 11.2. The van der Waals surface area contributed by atoms with Crippen LogP contribution in [0.3, 0.4) is 0 Å². The fourth-order valence-electron chi connectivity index (χ4n) is 0.666. The topological polar surface area (TPSA) is 38.3 Å². The summed E-state index contributed by atoms with van der Waals surface area (Å²) in [6.45, 7) is 1.07. The molecule has 0 aromatic rings. The molecule has 1 atom stereocenters. The van der Waals surface area contributed by atoms with Gasteiger partial charge in [-0.05, 0) is 13.8 Å². The smallest absolute Gasteiger partial charge is 0.378 e. The molecule has 0 aliphatic rings. The molecule has 0 saturated heterocycles. The predicted molar refractivity (Wildman–Crippen MR) is 45.0 cm³/mol. The summed E-state index contributed by atoms with van der Waals surface area (Å²) in [5, 5.41) is 2.19. The summed E-state index contributed by atoms with van der Waals surface area (Å²) in [6.07, 6.45) is 0. The first-order valence-electron chi connectivity index (χ1n) is 4.28. The van der Waals surface area contributed by atoms with Crippen molar-refractivity contribution in [3.8, 4) is 0 Å². The van der Waals surface area contributed by atoms with Gasteiger partial charge in [-0.25, -0.2) is 9.18 Å². The molecule has 0 aromatic carbocycles. The average molecular weight is 213 g/mol. The molecule has 6 heteroatoms. The summed E-state index contributed by atoms with van der Waals surface area (Å²) in [7, 11) is 0. The van der Waals surface area contributed by atoms with E-state index in [9.17, 15) is 18.0 Å². The molecule has 14 heavy (non-hydrogen) atoms. The largest absolute Gasteiger partial charge is 0.462 e. The first kappa shape index (κ1) is 13.2. The molecule has 0 aliphatic heterocycles. The van der Waals surface area contributed by atoms with E-state index < -0.39 is 31.2 Å². The van der Waals surface area contributed by atoms with Gasteiger partial charge in [0.25, 0.3) is 0 Å². The number of esters is 1. The van der Waals surface area contributed by atoms with Gasteiger partial charge in [-0.3, -0.25) is 0 Å². The van der Waals surface area contributed by atoms with Crippen molar-refractivity contribution in [3.05, 3.63) is 0 Å². The molecule has 84 valence electrons. The number of carbonyl (C=O) groups is 1. The second-order valence-electron chi connectivity index (χ2n) is 2.86. The highest BCUT2D eigenvalue weighted by Gasteiger charge is 2.40. The van der Waals surface area contributed by atoms with Crippen LogP contribution < -0.4 is 5.32 Å². The standard InChI is InChI=1S/C8H14F3NO2/c1-3-14-7(13)8(10,11)5-12-6(2)4-9/h6,12H,3-5H2,1-2H3. The first-order chi connectivity index (χ1) is 6.44. The van der Waals surface area contributed by atoms with E-state index in [0.29, 0.717) is 0 Å². The molecule has 0 heterocycles. The number of hydrogen-bond acceptors (Lipinski definition) is 3. The minimum Gasteiger partial charge on any atom is -0.462 e. The van der Waals surface area contributed by atoms with Crippen LogP contribution in [0.15, 0.2) is 0 Å². The fourth-order valence-corrected chi connectivity index (χ4v) is 0.666. The molecule has 0 aliphatic carbocycles. The summed E-state index contributed by atoms with van der Waals surface area (Å²) in [4.78, 5) is 10.7. The van der Waals surface area contributed by atoms with E-state index in [4.69, 9.17) is 0 Å². The number of nitrogens with one attached hydrogen (secondary N) is 1. The number of rotatable bonds is 6. The summed E-state index contributed by atoms with van der Waals surface area (Å²) in [5.74, 6) is -5.18. The number of alkyl halides is 3. The normalized spacial score (nSPS) is 13.8. The van der Waals surface area contributed by atoms with Crippen molar-refractivity contribution in [1.82, 2.24) is 5.32 Å². The van der Waals surface area contributed by atoms with E-state index in [1.807, 2.05) is 0 Å². The third-order valence-electron chi connectivity index (χ3n) is 1.48. The third-order valence-corrected chi connectivity index (χ3v) is 1.48. The Morgan fingerprint density at radius 3 is 2.57 bits per heavy atom. The monoisotopic (exact) mass is 213 g/mol. The van der Waals surface area contributed by atoms with Crippen LogP contribution in [0.1, 0.15) is 13.8 Å². The summed E-state index contributed by atoms with van der Waals surface area (Å²) in [6, 6.07) is -0.699. The van der Waals surface area contributed by atoms with Gasteiger partial charge in [0.15, 0.2) is 0 Å². The zero-order valence-electron chi connectivity index (χ0n) is 8.15. The van der Waals surface area contributed by atoms with Crippen molar-refractivity contribution in [3.63, 3.8) is 0 Å². The summed E-state index contributed by atoms with van der Waals surface area (Å²) >= 11 is 0. The van der Waals surface area contributed by atoms with E-state index in [1.54, 1.807) is 0 Å². The highest BCUT2D eigenvalue weighted by Crippen LogP contribution is 2.14. The van der Waals surface area contributed by atoms with E-state index in [-0.39, 0.29) is 6.61 Å². The maximum Gasteiger partial charge on any atom is 0.378 e. The van der Waals surface area contributed by atoms with Crippen LogP contribution in [0.2, 0.25) is 0 Å². The van der Waals surface area contributed by atoms with E-state index in [2.05, 4.69) is 10.1 Å². The summed E-state index contributed by atoms with van der Waals surface area (Å²) in [5.41, 5.74) is 0. The lowest BCUT2D eigenvalue weighted by molar-refractivity contribution is -0.170. The Labute approximate surface area is 80.6 Å². The van der Waals surface area contributed by atoms with Crippen molar-refractivity contribution in [2.45, 2.75) is 25.8 Å². The molecular weight excluding hydrogens is 199 g/mol. The molecule has 0 amide bonds. The van der Waals surface area contributed by atoms with Crippen LogP contribution in [0.4, 0.5) is 13.2 Å². The van der Waals surface area contributed by atoms with Gasteiger partial charge in [-0.15, -0.1) is 0 Å². The molecule has 0 spiro atoms. The lowest BCUT2D eigenvalue weighted by Crippen LogP contribution is -2.44. The number of halogens is 3. The Balaban J connectivity index is 3.99. The molecular formula is C8H14F3NO2. The second kappa shape index (κ2) is 5.85. The molecule has 1 N–H and O–H groups in total. The van der Waals surface area contributed by atoms with Crippen LogP contribution in [0.5, 0.6) is 0 Å². The lowest BCUT2D eigenvalue weighted by Gasteiger charge is -2.17. The van der Waals surface area contributed by atoms with Gasteiger partial charge in [0, 0.05) is 6.04 Å². The van der Waals surface area contributed by atoms with E-state index in [1.165, 1.54) is 13.8 Å². The number of carbonyl (C=O) groups excluding carboxylic acids is 1. The molecule has 0 fully saturated rings. The Morgan fingerprint density at radius 1 is 1.57 bits per heavy atom. The van der Waals surface area contributed by atoms with Crippen LogP contribution in [-0.4, -0.2) is 37.8 Å². The first-order valence-corrected chi connectivity index (χ1v) is 4.28. The maximum absolute atomic E-state index is 12.8. The molecule has 0 saturated carbocycles. The van der Waals surface area contributed by atoms with Crippen LogP contribution in [0, 0.1) is 0 Å². The fraction of sp³-hybridized carbons (Fsp3) is 0.875. The van der Waals surface area contributed by atoms with Gasteiger partial charge in [-0.1, -0.05) is 0 Å². The van der Waals surface area contributed by atoms with Gasteiger partial charge < -0.3 is 10.1 Å². The minimum atomic E-state index is -3.60. The van der Waals surface area contributed by atoms with Crippen LogP contribution >= 0.6 is 0 Å². The molecule has 1 unspecified atom stereocenters. The molecule has 0 radical (unpaired) electrons. The van der Waals surface area contributed by atoms with Gasteiger partial charge in [-0.2, -0.15) is 8.78 Å². The van der Waals surface area contributed by atoms with Crippen molar-refractivity contribution in [1.29, 1.82) is 0 Å². The van der Waals surface area contributed by atoms with Crippen molar-refractivity contribution >= 4 is 5.97 Å². The van der Waals surface area contributed by atoms with E-state index in [0.717, 1.165) is 0 Å². The third kappa shape index (κ3) is 4.45. The number of ether oxygens (including phenoxy) is 1. The molecule has 0 aromatic heterocycles. The maximum atomic E-state index is 12.8. The predicted octanol–water partition coefficient (Wildman–Crippen LogP) is 1.13. The Bertz CT molecular complexity index is 187. The van der Waals surface area contributed by atoms with Crippen molar-refractivity contribution in [2.75, 3.05) is 19.8 Å². The Kier molecular flexibility index (Phi) is 5.52. The molecule has 0 bridgehead atoms. The quantitative estimate of drug-likeness (QED) is 0.672. The molecule has 0 rings (SSSR count). The molecule has 3 nitrogen and oxygen atoms in total. The zero-order valence-corrected chi connectivity index (χ0v) is 8.15.